The molecule has 0 aromatic heterocycles. The van der Waals surface area contributed by atoms with E-state index in [-0.39, 0.29) is 19.2 Å². The van der Waals surface area contributed by atoms with Gasteiger partial charge < -0.3 is 9.64 Å². The Morgan fingerprint density at radius 3 is 2.39 bits per heavy atom. The first kappa shape index (κ1) is 22.3. The van der Waals surface area contributed by atoms with Gasteiger partial charge in [-0.25, -0.2) is 18.4 Å². The number of nitrogens with zero attached hydrogens (tertiary/aromatic N) is 2. The number of hydrogen-bond acceptors (Lipinski definition) is 3. The number of carbonyl (C=O) groups excluding carboxylic acids is 2. The van der Waals surface area contributed by atoms with Gasteiger partial charge in [-0.15, -0.1) is 0 Å². The predicted octanol–water partition coefficient (Wildman–Crippen LogP) is 5.55. The number of benzene rings is 3. The molecule has 1 aliphatic heterocycles. The monoisotopic (exact) mass is 451 g/mol. The Bertz CT molecular complexity index is 1120. The van der Waals surface area contributed by atoms with Gasteiger partial charge in [0, 0.05) is 31.0 Å². The summed E-state index contributed by atoms with van der Waals surface area (Å²) >= 11 is 0. The van der Waals surface area contributed by atoms with Crippen molar-refractivity contribution >= 4 is 23.5 Å². The molecule has 0 aliphatic carbocycles. The molecule has 6 nitrogen and oxygen atoms in total. The van der Waals surface area contributed by atoms with Crippen LogP contribution in [0.15, 0.2) is 72.8 Å². The van der Waals surface area contributed by atoms with Crippen LogP contribution >= 0.6 is 0 Å². The summed E-state index contributed by atoms with van der Waals surface area (Å²) < 4.78 is 31.9. The van der Waals surface area contributed by atoms with E-state index in [1.165, 1.54) is 6.07 Å². The molecule has 0 radical (unpaired) electrons. The van der Waals surface area contributed by atoms with Crippen molar-refractivity contribution in [3.05, 3.63) is 95.6 Å². The highest BCUT2D eigenvalue weighted by Gasteiger charge is 2.27. The van der Waals surface area contributed by atoms with Gasteiger partial charge in [-0.2, -0.15) is 0 Å². The molecule has 1 fully saturated rings. The van der Waals surface area contributed by atoms with Crippen molar-refractivity contribution in [2.45, 2.75) is 19.6 Å². The van der Waals surface area contributed by atoms with Crippen molar-refractivity contribution in [3.8, 4) is 0 Å². The summed E-state index contributed by atoms with van der Waals surface area (Å²) in [5.74, 6) is -1.85. The van der Waals surface area contributed by atoms with E-state index < -0.39 is 17.7 Å². The molecule has 3 aromatic rings. The number of rotatable bonds is 6. The van der Waals surface area contributed by atoms with Crippen molar-refractivity contribution in [1.29, 1.82) is 0 Å². The van der Waals surface area contributed by atoms with Crippen LogP contribution in [0, 0.1) is 11.6 Å². The minimum atomic E-state index is -0.931. The van der Waals surface area contributed by atoms with Gasteiger partial charge in [-0.1, -0.05) is 36.4 Å². The quantitative estimate of drug-likeness (QED) is 0.535. The van der Waals surface area contributed by atoms with E-state index in [1.54, 1.807) is 34.1 Å². The minimum Gasteiger partial charge on any atom is -0.444 e. The summed E-state index contributed by atoms with van der Waals surface area (Å²) in [6.07, 6.45) is 0.166. The molecule has 8 heteroatoms. The SMILES string of the molecule is O=C(Nc1ccc(N2CCCN(Cc3ccc(F)c(F)c3)C2=O)cc1)OCc1ccccc1. The third-order valence-corrected chi connectivity index (χ3v) is 5.31. The highest BCUT2D eigenvalue weighted by atomic mass is 19.2. The fourth-order valence-corrected chi connectivity index (χ4v) is 3.63. The largest absolute Gasteiger partial charge is 0.444 e. The van der Waals surface area contributed by atoms with Crippen LogP contribution in [0.3, 0.4) is 0 Å². The molecule has 1 aliphatic rings. The molecular weight excluding hydrogens is 428 g/mol. The maximum absolute atomic E-state index is 13.5. The van der Waals surface area contributed by atoms with E-state index in [9.17, 15) is 18.4 Å². The number of hydrogen-bond donors (Lipinski definition) is 1. The molecule has 1 heterocycles. The zero-order chi connectivity index (χ0) is 23.2. The van der Waals surface area contributed by atoms with Gasteiger partial charge in [-0.3, -0.25) is 10.2 Å². The lowest BCUT2D eigenvalue weighted by Crippen LogP contribution is -2.49. The molecule has 1 saturated heterocycles. The van der Waals surface area contributed by atoms with Gasteiger partial charge in [0.05, 0.1) is 0 Å². The Morgan fingerprint density at radius 2 is 1.67 bits per heavy atom. The van der Waals surface area contributed by atoms with E-state index in [2.05, 4.69) is 5.32 Å². The molecule has 3 amide bonds. The van der Waals surface area contributed by atoms with Crippen LogP contribution in [0.5, 0.6) is 0 Å². The molecule has 1 N–H and O–H groups in total. The third kappa shape index (κ3) is 5.65. The Balaban J connectivity index is 1.34. The molecule has 3 aromatic carbocycles. The van der Waals surface area contributed by atoms with E-state index in [0.717, 1.165) is 24.1 Å². The second-order valence-corrected chi connectivity index (χ2v) is 7.69. The van der Waals surface area contributed by atoms with Gasteiger partial charge in [0.1, 0.15) is 6.61 Å². The van der Waals surface area contributed by atoms with Gasteiger partial charge in [0.2, 0.25) is 0 Å². The summed E-state index contributed by atoms with van der Waals surface area (Å²) in [5, 5.41) is 2.66. The molecule has 0 bridgehead atoms. The van der Waals surface area contributed by atoms with Crippen LogP contribution in [0.25, 0.3) is 0 Å². The molecule has 0 spiro atoms. The molecule has 33 heavy (non-hydrogen) atoms. The maximum atomic E-state index is 13.5. The first-order valence-electron chi connectivity index (χ1n) is 10.6. The van der Waals surface area contributed by atoms with E-state index >= 15 is 0 Å². The lowest BCUT2D eigenvalue weighted by atomic mass is 10.1. The van der Waals surface area contributed by atoms with E-state index in [4.69, 9.17) is 4.74 Å². The zero-order valence-corrected chi connectivity index (χ0v) is 17.8. The third-order valence-electron chi connectivity index (χ3n) is 5.31. The molecule has 0 saturated carbocycles. The Hall–Kier alpha value is -3.94. The molecular formula is C25H23F2N3O3. The topological polar surface area (TPSA) is 61.9 Å². The molecule has 0 unspecified atom stereocenters. The Kier molecular flexibility index (Phi) is 6.83. The second-order valence-electron chi connectivity index (χ2n) is 7.69. The lowest BCUT2D eigenvalue weighted by Gasteiger charge is -2.35. The average molecular weight is 451 g/mol. The highest BCUT2D eigenvalue weighted by molar-refractivity contribution is 5.93. The standard InChI is InChI=1S/C25H23F2N3O3/c26-22-12-7-19(15-23(22)27)16-29-13-4-14-30(25(29)32)21-10-8-20(9-11-21)28-24(31)33-17-18-5-2-1-3-6-18/h1-3,5-12,15H,4,13-14,16-17H2,(H,28,31). The number of ether oxygens (including phenoxy) is 1. The first-order valence-corrected chi connectivity index (χ1v) is 10.6. The number of amides is 3. The first-order chi connectivity index (χ1) is 16.0. The number of halogens is 2. The average Bonchev–Trinajstić information content (AvgIpc) is 2.83. The normalized spacial score (nSPS) is 13.7. The van der Waals surface area contributed by atoms with Crippen molar-refractivity contribution in [1.82, 2.24) is 4.90 Å². The number of carbonyl (C=O) groups is 2. The van der Waals surface area contributed by atoms with Gasteiger partial charge in [-0.05, 0) is 53.9 Å². The van der Waals surface area contributed by atoms with Crippen LogP contribution in [0.2, 0.25) is 0 Å². The van der Waals surface area contributed by atoms with Crippen molar-refractivity contribution in [2.24, 2.45) is 0 Å². The predicted molar refractivity (Wildman–Crippen MR) is 121 cm³/mol. The van der Waals surface area contributed by atoms with E-state index in [0.29, 0.717) is 30.0 Å². The number of urea groups is 1. The number of nitrogens with one attached hydrogen (secondary N) is 1. The summed E-state index contributed by atoms with van der Waals surface area (Å²) in [6, 6.07) is 19.7. The molecule has 170 valence electrons. The van der Waals surface area contributed by atoms with Crippen LogP contribution in [-0.4, -0.2) is 30.1 Å². The van der Waals surface area contributed by atoms with Crippen molar-refractivity contribution in [2.75, 3.05) is 23.3 Å². The van der Waals surface area contributed by atoms with Gasteiger partial charge in [0.25, 0.3) is 0 Å². The van der Waals surface area contributed by atoms with Crippen LogP contribution in [-0.2, 0) is 17.9 Å². The zero-order valence-electron chi connectivity index (χ0n) is 17.8. The second kappa shape index (κ2) is 10.1. The van der Waals surface area contributed by atoms with Gasteiger partial charge in [0.15, 0.2) is 11.6 Å². The van der Waals surface area contributed by atoms with Crippen molar-refractivity contribution < 1.29 is 23.1 Å². The highest BCUT2D eigenvalue weighted by Crippen LogP contribution is 2.24. The molecule has 0 atom stereocenters. The maximum Gasteiger partial charge on any atom is 0.411 e. The fraction of sp³-hybridized carbons (Fsp3) is 0.200. The van der Waals surface area contributed by atoms with Crippen LogP contribution in [0.1, 0.15) is 17.5 Å². The van der Waals surface area contributed by atoms with Crippen LogP contribution in [0.4, 0.5) is 29.7 Å². The number of anilines is 2. The summed E-state index contributed by atoms with van der Waals surface area (Å²) in [5.41, 5.74) is 2.63. The van der Waals surface area contributed by atoms with Crippen molar-refractivity contribution in [3.63, 3.8) is 0 Å². The minimum absolute atomic E-state index is 0.167. The Morgan fingerprint density at radius 1 is 0.909 bits per heavy atom. The smallest absolute Gasteiger partial charge is 0.411 e. The van der Waals surface area contributed by atoms with Crippen LogP contribution < -0.4 is 10.2 Å². The lowest BCUT2D eigenvalue weighted by molar-refractivity contribution is 0.155. The summed E-state index contributed by atoms with van der Waals surface area (Å²) in [7, 11) is 0. The Labute approximate surface area is 190 Å². The van der Waals surface area contributed by atoms with Gasteiger partial charge >= 0.3 is 12.1 Å². The molecule has 4 rings (SSSR count). The summed E-state index contributed by atoms with van der Waals surface area (Å²) in [4.78, 5) is 28.2. The summed E-state index contributed by atoms with van der Waals surface area (Å²) in [6.45, 7) is 1.43. The van der Waals surface area contributed by atoms with E-state index in [1.807, 2.05) is 30.3 Å². The fourth-order valence-electron chi connectivity index (χ4n) is 3.63.